The lowest BCUT2D eigenvalue weighted by Gasteiger charge is -2.16. The molecule has 8 heteroatoms. The Bertz CT molecular complexity index is 1260. The zero-order chi connectivity index (χ0) is 22.0. The molecule has 6 nitrogen and oxygen atoms in total. The number of nitrogens with zero attached hydrogens (tertiary/aromatic N) is 1. The minimum Gasteiger partial charge on any atom is -0.497 e. The van der Waals surface area contributed by atoms with E-state index in [1.807, 2.05) is 18.2 Å². The second-order valence-electron chi connectivity index (χ2n) is 6.76. The summed E-state index contributed by atoms with van der Waals surface area (Å²) in [7, 11) is 1.60. The summed E-state index contributed by atoms with van der Waals surface area (Å²) in [5, 5.41) is 3.66. The predicted octanol–water partition coefficient (Wildman–Crippen LogP) is 6.22. The summed E-state index contributed by atoms with van der Waals surface area (Å²) in [4.78, 5) is 17.1. The molecular weight excluding hydrogens is 439 g/mol. The first-order valence-electron chi connectivity index (χ1n) is 9.40. The third-order valence-corrected chi connectivity index (χ3v) is 5.07. The van der Waals surface area contributed by atoms with Gasteiger partial charge in [0, 0.05) is 22.3 Å². The molecule has 1 N–H and O–H groups in total. The van der Waals surface area contributed by atoms with E-state index in [1.165, 1.54) is 0 Å². The van der Waals surface area contributed by atoms with Crippen molar-refractivity contribution in [3.8, 4) is 23.0 Å². The minimum atomic E-state index is -0.779. The van der Waals surface area contributed by atoms with Crippen LogP contribution in [0.1, 0.15) is 6.92 Å². The molecule has 1 amide bonds. The number of nitrogens with one attached hydrogen (secondary N) is 1. The number of carbonyl (C=O) groups is 1. The summed E-state index contributed by atoms with van der Waals surface area (Å²) in [6, 6.07) is 17.4. The molecule has 4 rings (SSSR count). The van der Waals surface area contributed by atoms with Gasteiger partial charge in [0.1, 0.15) is 17.0 Å². The zero-order valence-electron chi connectivity index (χ0n) is 16.7. The quantitative estimate of drug-likeness (QED) is 0.372. The maximum atomic E-state index is 12.6. The summed E-state index contributed by atoms with van der Waals surface area (Å²) < 4.78 is 16.7. The lowest BCUT2D eigenvalue weighted by molar-refractivity contribution is -0.122. The molecule has 1 heterocycles. The van der Waals surface area contributed by atoms with Crippen LogP contribution >= 0.6 is 23.2 Å². The molecule has 0 fully saturated rings. The van der Waals surface area contributed by atoms with Crippen molar-refractivity contribution in [1.82, 2.24) is 4.98 Å². The van der Waals surface area contributed by atoms with Crippen molar-refractivity contribution in [2.45, 2.75) is 13.0 Å². The van der Waals surface area contributed by atoms with Gasteiger partial charge in [-0.25, -0.2) is 4.98 Å². The summed E-state index contributed by atoms with van der Waals surface area (Å²) >= 11 is 12.0. The zero-order valence-corrected chi connectivity index (χ0v) is 18.2. The molecule has 1 atom stereocenters. The van der Waals surface area contributed by atoms with Gasteiger partial charge in [0.25, 0.3) is 5.91 Å². The maximum absolute atomic E-state index is 12.6. The molecular formula is C23H18Cl2N2O4. The third-order valence-electron chi connectivity index (χ3n) is 4.54. The topological polar surface area (TPSA) is 73.6 Å². The van der Waals surface area contributed by atoms with Crippen LogP contribution in [0.5, 0.6) is 11.5 Å². The number of ether oxygens (including phenoxy) is 2. The van der Waals surface area contributed by atoms with Crippen molar-refractivity contribution < 1.29 is 18.7 Å². The van der Waals surface area contributed by atoms with Crippen molar-refractivity contribution in [3.63, 3.8) is 0 Å². The van der Waals surface area contributed by atoms with Gasteiger partial charge in [-0.05, 0) is 55.5 Å². The predicted molar refractivity (Wildman–Crippen MR) is 121 cm³/mol. The Morgan fingerprint density at radius 1 is 1.10 bits per heavy atom. The number of hydrogen-bond donors (Lipinski definition) is 1. The second kappa shape index (κ2) is 8.88. The van der Waals surface area contributed by atoms with Gasteiger partial charge < -0.3 is 19.2 Å². The van der Waals surface area contributed by atoms with Crippen molar-refractivity contribution in [1.29, 1.82) is 0 Å². The Hall–Kier alpha value is -3.22. The van der Waals surface area contributed by atoms with Crippen molar-refractivity contribution in [3.05, 3.63) is 70.7 Å². The van der Waals surface area contributed by atoms with E-state index in [2.05, 4.69) is 10.3 Å². The normalized spacial score (nSPS) is 11.9. The number of methoxy groups -OCH3 is 1. The number of aromatic nitrogens is 1. The number of halogens is 2. The monoisotopic (exact) mass is 456 g/mol. The highest BCUT2D eigenvalue weighted by Gasteiger charge is 2.17. The van der Waals surface area contributed by atoms with Crippen LogP contribution in [-0.4, -0.2) is 24.1 Å². The number of carbonyl (C=O) groups excluding carboxylic acids is 1. The smallest absolute Gasteiger partial charge is 0.265 e. The van der Waals surface area contributed by atoms with E-state index in [0.717, 1.165) is 5.56 Å². The number of anilines is 1. The Balaban J connectivity index is 1.49. The summed E-state index contributed by atoms with van der Waals surface area (Å²) in [6.45, 7) is 1.64. The number of benzene rings is 3. The van der Waals surface area contributed by atoms with Gasteiger partial charge in [0.15, 0.2) is 11.7 Å². The van der Waals surface area contributed by atoms with E-state index in [0.29, 0.717) is 44.2 Å². The molecule has 0 saturated heterocycles. The van der Waals surface area contributed by atoms with Crippen LogP contribution in [0.15, 0.2) is 65.1 Å². The largest absolute Gasteiger partial charge is 0.497 e. The SMILES string of the molecule is COc1ccc2oc(-c3cccc(NC(=O)C(C)Oc4ccc(Cl)cc4Cl)c3)nc2c1. The lowest BCUT2D eigenvalue weighted by atomic mass is 10.2. The van der Waals surface area contributed by atoms with Crippen molar-refractivity contribution >= 4 is 45.9 Å². The molecule has 0 aliphatic rings. The molecule has 0 saturated carbocycles. The molecule has 1 aromatic heterocycles. The van der Waals surface area contributed by atoms with Gasteiger partial charge in [-0.2, -0.15) is 0 Å². The van der Waals surface area contributed by atoms with Crippen LogP contribution in [0.25, 0.3) is 22.6 Å². The molecule has 4 aromatic rings. The van der Waals surface area contributed by atoms with Gasteiger partial charge in [0.05, 0.1) is 12.1 Å². The fourth-order valence-electron chi connectivity index (χ4n) is 2.95. The fourth-order valence-corrected chi connectivity index (χ4v) is 3.40. The van der Waals surface area contributed by atoms with E-state index < -0.39 is 6.10 Å². The fraction of sp³-hybridized carbons (Fsp3) is 0.130. The Morgan fingerprint density at radius 3 is 2.71 bits per heavy atom. The summed E-state index contributed by atoms with van der Waals surface area (Å²) in [6.07, 6.45) is -0.779. The van der Waals surface area contributed by atoms with Crippen LogP contribution < -0.4 is 14.8 Å². The van der Waals surface area contributed by atoms with Crippen molar-refractivity contribution in [2.75, 3.05) is 12.4 Å². The molecule has 0 aliphatic heterocycles. The highest BCUT2D eigenvalue weighted by atomic mass is 35.5. The van der Waals surface area contributed by atoms with E-state index >= 15 is 0 Å². The van der Waals surface area contributed by atoms with E-state index in [9.17, 15) is 4.79 Å². The van der Waals surface area contributed by atoms with Gasteiger partial charge in [-0.1, -0.05) is 29.3 Å². The van der Waals surface area contributed by atoms with Crippen LogP contribution in [-0.2, 0) is 4.79 Å². The Kier molecular flexibility index (Phi) is 6.02. The molecule has 0 radical (unpaired) electrons. The minimum absolute atomic E-state index is 0.328. The molecule has 3 aromatic carbocycles. The molecule has 0 aliphatic carbocycles. The number of oxazole rings is 1. The van der Waals surface area contributed by atoms with Crippen LogP contribution in [0.2, 0.25) is 10.0 Å². The molecule has 158 valence electrons. The summed E-state index contributed by atoms with van der Waals surface area (Å²) in [5.41, 5.74) is 2.64. The number of amides is 1. The maximum Gasteiger partial charge on any atom is 0.265 e. The highest BCUT2D eigenvalue weighted by Crippen LogP contribution is 2.30. The summed E-state index contributed by atoms with van der Waals surface area (Å²) in [5.74, 6) is 1.19. The molecule has 0 spiro atoms. The van der Waals surface area contributed by atoms with Crippen LogP contribution in [0.4, 0.5) is 5.69 Å². The third kappa shape index (κ3) is 4.76. The molecule has 0 bridgehead atoms. The first-order chi connectivity index (χ1) is 14.9. The molecule has 1 unspecified atom stereocenters. The van der Waals surface area contributed by atoms with Crippen LogP contribution in [0.3, 0.4) is 0 Å². The average Bonchev–Trinajstić information content (AvgIpc) is 3.19. The van der Waals surface area contributed by atoms with Crippen molar-refractivity contribution in [2.24, 2.45) is 0 Å². The lowest BCUT2D eigenvalue weighted by Crippen LogP contribution is -2.30. The van der Waals surface area contributed by atoms with E-state index in [1.54, 1.807) is 56.5 Å². The first kappa shape index (κ1) is 21.0. The Labute approximate surface area is 188 Å². The number of fused-ring (bicyclic) bond motifs is 1. The van der Waals surface area contributed by atoms with Gasteiger partial charge in [0.2, 0.25) is 5.89 Å². The number of hydrogen-bond acceptors (Lipinski definition) is 5. The van der Waals surface area contributed by atoms with E-state index in [4.69, 9.17) is 37.1 Å². The Morgan fingerprint density at radius 2 is 1.94 bits per heavy atom. The standard InChI is InChI=1S/C23H18Cl2N2O4/c1-13(30-20-8-6-15(24)11-18(20)25)22(28)26-16-5-3-4-14(10-16)23-27-19-12-17(29-2)7-9-21(19)31-23/h3-13H,1-2H3,(H,26,28). The first-order valence-corrected chi connectivity index (χ1v) is 10.2. The molecule has 31 heavy (non-hydrogen) atoms. The van der Waals surface area contributed by atoms with Gasteiger partial charge in [-0.3, -0.25) is 4.79 Å². The van der Waals surface area contributed by atoms with Crippen LogP contribution in [0, 0.1) is 0 Å². The van der Waals surface area contributed by atoms with Gasteiger partial charge >= 0.3 is 0 Å². The highest BCUT2D eigenvalue weighted by molar-refractivity contribution is 6.35. The average molecular weight is 457 g/mol. The second-order valence-corrected chi connectivity index (χ2v) is 7.60. The van der Waals surface area contributed by atoms with E-state index in [-0.39, 0.29) is 5.91 Å². The number of rotatable bonds is 6. The van der Waals surface area contributed by atoms with Gasteiger partial charge in [-0.15, -0.1) is 0 Å².